The van der Waals surface area contributed by atoms with Crippen molar-refractivity contribution in [1.29, 1.82) is 0 Å². The van der Waals surface area contributed by atoms with Crippen molar-refractivity contribution in [2.45, 2.75) is 32.4 Å². The fourth-order valence-electron chi connectivity index (χ4n) is 2.08. The Bertz CT molecular complexity index is 476. The molecule has 1 fully saturated rings. The molecule has 2 atom stereocenters. The van der Waals surface area contributed by atoms with Crippen molar-refractivity contribution in [2.75, 3.05) is 0 Å². The van der Waals surface area contributed by atoms with Crippen molar-refractivity contribution in [3.63, 3.8) is 0 Å². The molecule has 1 aliphatic rings. The Labute approximate surface area is 106 Å². The minimum atomic E-state index is -0.330. The number of aliphatic hydroxyl groups excluding tert-OH is 1. The zero-order chi connectivity index (χ0) is 13.3. The Hall–Kier alpha value is -1.62. The summed E-state index contributed by atoms with van der Waals surface area (Å²) in [5.41, 5.74) is 0.633. The number of amides is 1. The van der Waals surface area contributed by atoms with Gasteiger partial charge in [0.25, 0.3) is 0 Å². The van der Waals surface area contributed by atoms with Crippen LogP contribution < -0.4 is 5.32 Å². The SMILES string of the molecule is Cn1nccc1/C=C/C(=O)NC1CC(O)C1(C)C. The molecule has 2 unspecified atom stereocenters. The van der Waals surface area contributed by atoms with Crippen LogP contribution in [0.5, 0.6) is 0 Å². The van der Waals surface area contributed by atoms with Crippen LogP contribution in [-0.4, -0.2) is 32.9 Å². The topological polar surface area (TPSA) is 67.2 Å². The van der Waals surface area contributed by atoms with Crippen molar-refractivity contribution in [3.8, 4) is 0 Å². The standard InChI is InChI=1S/C13H19N3O2/c1-13(2)10(8-11(13)17)15-12(18)5-4-9-6-7-14-16(9)3/h4-7,10-11,17H,8H2,1-3H3,(H,15,18)/b5-4+. The van der Waals surface area contributed by atoms with E-state index in [-0.39, 0.29) is 23.5 Å². The molecule has 0 spiro atoms. The third kappa shape index (κ3) is 2.31. The summed E-state index contributed by atoms with van der Waals surface area (Å²) in [6, 6.07) is 1.87. The molecule has 1 saturated carbocycles. The zero-order valence-electron chi connectivity index (χ0n) is 10.9. The number of nitrogens with zero attached hydrogens (tertiary/aromatic N) is 2. The van der Waals surface area contributed by atoms with Gasteiger partial charge in [0.2, 0.25) is 5.91 Å². The van der Waals surface area contributed by atoms with E-state index in [4.69, 9.17) is 0 Å². The Morgan fingerprint density at radius 2 is 2.39 bits per heavy atom. The molecule has 18 heavy (non-hydrogen) atoms. The molecular formula is C13H19N3O2. The van der Waals surface area contributed by atoms with Gasteiger partial charge in [-0.15, -0.1) is 0 Å². The number of carbonyl (C=O) groups excluding carboxylic acids is 1. The minimum absolute atomic E-state index is 0.0381. The third-order valence-corrected chi connectivity index (χ3v) is 3.80. The smallest absolute Gasteiger partial charge is 0.244 e. The van der Waals surface area contributed by atoms with Gasteiger partial charge in [0.1, 0.15) is 0 Å². The molecule has 5 nitrogen and oxygen atoms in total. The molecule has 0 radical (unpaired) electrons. The predicted octanol–water partition coefficient (Wildman–Crippen LogP) is 0.709. The van der Waals surface area contributed by atoms with E-state index >= 15 is 0 Å². The summed E-state index contributed by atoms with van der Waals surface area (Å²) in [6.07, 6.45) is 5.20. The van der Waals surface area contributed by atoms with Gasteiger partial charge in [0, 0.05) is 30.8 Å². The number of rotatable bonds is 3. The van der Waals surface area contributed by atoms with Crippen molar-refractivity contribution >= 4 is 12.0 Å². The lowest BCUT2D eigenvalue weighted by Crippen LogP contribution is -2.60. The second kappa shape index (κ2) is 4.57. The third-order valence-electron chi connectivity index (χ3n) is 3.80. The number of carbonyl (C=O) groups is 1. The number of aryl methyl sites for hydroxylation is 1. The Morgan fingerprint density at radius 1 is 1.67 bits per heavy atom. The molecule has 0 aliphatic heterocycles. The molecule has 5 heteroatoms. The van der Waals surface area contributed by atoms with Gasteiger partial charge in [-0.1, -0.05) is 13.8 Å². The van der Waals surface area contributed by atoms with E-state index in [0.717, 1.165) is 5.69 Å². The molecule has 1 heterocycles. The van der Waals surface area contributed by atoms with E-state index in [2.05, 4.69) is 10.4 Å². The predicted molar refractivity (Wildman–Crippen MR) is 68.6 cm³/mol. The van der Waals surface area contributed by atoms with E-state index < -0.39 is 0 Å². The second-order valence-corrected chi connectivity index (χ2v) is 5.35. The van der Waals surface area contributed by atoms with Crippen LogP contribution in [0, 0.1) is 5.41 Å². The first-order valence-corrected chi connectivity index (χ1v) is 6.06. The fraction of sp³-hybridized carbons (Fsp3) is 0.538. The molecule has 1 aromatic heterocycles. The summed E-state index contributed by atoms with van der Waals surface area (Å²) in [4.78, 5) is 11.7. The Morgan fingerprint density at radius 3 is 2.89 bits per heavy atom. The largest absolute Gasteiger partial charge is 0.392 e. The van der Waals surface area contributed by atoms with Crippen LogP contribution in [0.15, 0.2) is 18.3 Å². The van der Waals surface area contributed by atoms with Gasteiger partial charge in [-0.2, -0.15) is 5.10 Å². The van der Waals surface area contributed by atoms with Crippen LogP contribution in [0.1, 0.15) is 26.0 Å². The maximum atomic E-state index is 11.7. The van der Waals surface area contributed by atoms with E-state index in [9.17, 15) is 9.90 Å². The maximum absolute atomic E-state index is 11.7. The van der Waals surface area contributed by atoms with Crippen molar-refractivity contribution in [3.05, 3.63) is 24.0 Å². The lowest BCUT2D eigenvalue weighted by atomic mass is 9.64. The molecular weight excluding hydrogens is 230 g/mol. The van der Waals surface area contributed by atoms with Crippen LogP contribution >= 0.6 is 0 Å². The Kier molecular flexibility index (Phi) is 3.26. The number of aliphatic hydroxyl groups is 1. The van der Waals surface area contributed by atoms with E-state index in [0.29, 0.717) is 6.42 Å². The van der Waals surface area contributed by atoms with Gasteiger partial charge < -0.3 is 10.4 Å². The van der Waals surface area contributed by atoms with Gasteiger partial charge in [0.15, 0.2) is 0 Å². The summed E-state index contributed by atoms with van der Waals surface area (Å²) in [5, 5.41) is 16.5. The zero-order valence-corrected chi connectivity index (χ0v) is 10.9. The summed E-state index contributed by atoms with van der Waals surface area (Å²) < 4.78 is 1.70. The minimum Gasteiger partial charge on any atom is -0.392 e. The van der Waals surface area contributed by atoms with Crippen molar-refractivity contribution in [2.24, 2.45) is 12.5 Å². The molecule has 0 aromatic carbocycles. The quantitative estimate of drug-likeness (QED) is 0.775. The highest BCUT2D eigenvalue weighted by Gasteiger charge is 2.47. The lowest BCUT2D eigenvalue weighted by molar-refractivity contribution is -0.124. The van der Waals surface area contributed by atoms with Gasteiger partial charge in [-0.05, 0) is 18.6 Å². The normalized spacial score (nSPS) is 26.0. The second-order valence-electron chi connectivity index (χ2n) is 5.35. The number of hydrogen-bond donors (Lipinski definition) is 2. The van der Waals surface area contributed by atoms with Crippen LogP contribution in [0.2, 0.25) is 0 Å². The summed E-state index contributed by atoms with van der Waals surface area (Å²) in [5.74, 6) is -0.138. The van der Waals surface area contributed by atoms with Crippen LogP contribution in [0.25, 0.3) is 6.08 Å². The van der Waals surface area contributed by atoms with Crippen LogP contribution in [-0.2, 0) is 11.8 Å². The van der Waals surface area contributed by atoms with Gasteiger partial charge in [-0.25, -0.2) is 0 Å². The van der Waals surface area contributed by atoms with Crippen molar-refractivity contribution in [1.82, 2.24) is 15.1 Å². The van der Waals surface area contributed by atoms with E-state index in [1.807, 2.05) is 27.0 Å². The summed E-state index contributed by atoms with van der Waals surface area (Å²) in [7, 11) is 1.82. The van der Waals surface area contributed by atoms with Gasteiger partial charge in [-0.3, -0.25) is 9.48 Å². The molecule has 1 aromatic rings. The van der Waals surface area contributed by atoms with Crippen LogP contribution in [0.4, 0.5) is 0 Å². The fourth-order valence-corrected chi connectivity index (χ4v) is 2.08. The molecule has 1 amide bonds. The first kappa shape index (κ1) is 12.8. The molecule has 98 valence electrons. The van der Waals surface area contributed by atoms with Gasteiger partial charge in [0.05, 0.1) is 11.8 Å². The number of hydrogen-bond acceptors (Lipinski definition) is 3. The molecule has 2 N–H and O–H groups in total. The Balaban J connectivity index is 1.91. The summed E-state index contributed by atoms with van der Waals surface area (Å²) in [6.45, 7) is 3.91. The average Bonchev–Trinajstić information content (AvgIpc) is 2.72. The van der Waals surface area contributed by atoms with Crippen molar-refractivity contribution < 1.29 is 9.90 Å². The number of nitrogens with one attached hydrogen (secondary N) is 1. The highest BCUT2D eigenvalue weighted by atomic mass is 16.3. The van der Waals surface area contributed by atoms with E-state index in [1.165, 1.54) is 6.08 Å². The highest BCUT2D eigenvalue weighted by molar-refractivity contribution is 5.91. The van der Waals surface area contributed by atoms with E-state index in [1.54, 1.807) is 17.0 Å². The highest BCUT2D eigenvalue weighted by Crippen LogP contribution is 2.40. The molecule has 2 rings (SSSR count). The molecule has 1 aliphatic carbocycles. The van der Waals surface area contributed by atoms with Gasteiger partial charge >= 0.3 is 0 Å². The first-order chi connectivity index (χ1) is 8.41. The molecule has 0 bridgehead atoms. The maximum Gasteiger partial charge on any atom is 0.244 e. The number of aromatic nitrogens is 2. The molecule has 0 saturated heterocycles. The van der Waals surface area contributed by atoms with Crippen LogP contribution in [0.3, 0.4) is 0 Å². The first-order valence-electron chi connectivity index (χ1n) is 6.06. The monoisotopic (exact) mass is 249 g/mol. The summed E-state index contributed by atoms with van der Waals surface area (Å²) >= 11 is 0. The lowest BCUT2D eigenvalue weighted by Gasteiger charge is -2.49. The average molecular weight is 249 g/mol.